The van der Waals surface area contributed by atoms with Crippen molar-refractivity contribution in [1.29, 1.82) is 0 Å². The van der Waals surface area contributed by atoms with Gasteiger partial charge in [-0.15, -0.1) is 0 Å². The van der Waals surface area contributed by atoms with Gasteiger partial charge in [0.1, 0.15) is 11.6 Å². The van der Waals surface area contributed by atoms with E-state index >= 15 is 0 Å². The Kier molecular flexibility index (Phi) is 4.77. The summed E-state index contributed by atoms with van der Waals surface area (Å²) in [5.74, 6) is 1.70. The molecule has 7 nitrogen and oxygen atoms in total. The summed E-state index contributed by atoms with van der Waals surface area (Å²) in [7, 11) is 0. The van der Waals surface area contributed by atoms with E-state index in [1.165, 1.54) is 0 Å². The van der Waals surface area contributed by atoms with Gasteiger partial charge in [-0.2, -0.15) is 9.61 Å². The predicted molar refractivity (Wildman–Crippen MR) is 109 cm³/mol. The number of halogens is 1. The third-order valence-electron chi connectivity index (χ3n) is 4.97. The van der Waals surface area contributed by atoms with E-state index in [0.717, 1.165) is 46.7 Å². The molecular weight excluding hydrogens is 408 g/mol. The summed E-state index contributed by atoms with van der Waals surface area (Å²) < 4.78 is 2.63. The Labute approximate surface area is 166 Å². The van der Waals surface area contributed by atoms with E-state index in [2.05, 4.69) is 36.2 Å². The number of hydrogen-bond acceptors (Lipinski definition) is 6. The zero-order valence-electron chi connectivity index (χ0n) is 15.4. The maximum Gasteiger partial charge on any atom is 0.173 e. The van der Waals surface area contributed by atoms with E-state index in [4.69, 9.17) is 4.98 Å². The summed E-state index contributed by atoms with van der Waals surface area (Å²) in [4.78, 5) is 11.2. The number of rotatable bonds is 5. The molecule has 8 heteroatoms. The van der Waals surface area contributed by atoms with E-state index in [9.17, 15) is 5.11 Å². The van der Waals surface area contributed by atoms with Gasteiger partial charge >= 0.3 is 0 Å². The molecule has 0 aliphatic carbocycles. The third kappa shape index (κ3) is 3.64. The van der Waals surface area contributed by atoms with Crippen LogP contribution in [0.3, 0.4) is 0 Å². The molecule has 0 radical (unpaired) electrons. The largest absolute Gasteiger partial charge is 0.388 e. The molecule has 2 N–H and O–H groups in total. The SMILES string of the molecule is CC(C)(O)[C@@H]1CCCN1c1cc(NCc2cccnc2)n2ncc(Br)c2n1. The highest BCUT2D eigenvalue weighted by molar-refractivity contribution is 9.10. The van der Waals surface area contributed by atoms with Crippen LogP contribution in [0.1, 0.15) is 32.3 Å². The molecule has 0 spiro atoms. The smallest absolute Gasteiger partial charge is 0.173 e. The summed E-state index contributed by atoms with van der Waals surface area (Å²) in [6, 6.07) is 6.00. The molecule has 0 bridgehead atoms. The van der Waals surface area contributed by atoms with Gasteiger partial charge in [-0.25, -0.2) is 4.98 Å². The second-order valence-electron chi connectivity index (χ2n) is 7.45. The lowest BCUT2D eigenvalue weighted by molar-refractivity contribution is 0.0533. The first-order valence-corrected chi connectivity index (χ1v) is 9.89. The number of fused-ring (bicyclic) bond motifs is 1. The number of pyridine rings is 1. The van der Waals surface area contributed by atoms with Crippen LogP contribution in [0.5, 0.6) is 0 Å². The summed E-state index contributed by atoms with van der Waals surface area (Å²) in [6.45, 7) is 5.25. The Bertz CT molecular complexity index is 937. The van der Waals surface area contributed by atoms with Gasteiger partial charge in [0.25, 0.3) is 0 Å². The molecule has 0 amide bonds. The van der Waals surface area contributed by atoms with Crippen LogP contribution in [0, 0.1) is 0 Å². The van der Waals surface area contributed by atoms with Crippen molar-refractivity contribution in [2.75, 3.05) is 16.8 Å². The number of anilines is 2. The fourth-order valence-corrected chi connectivity index (χ4v) is 4.02. The lowest BCUT2D eigenvalue weighted by atomic mass is 9.97. The molecule has 4 rings (SSSR count). The Morgan fingerprint density at radius 1 is 1.37 bits per heavy atom. The van der Waals surface area contributed by atoms with E-state index in [-0.39, 0.29) is 6.04 Å². The third-order valence-corrected chi connectivity index (χ3v) is 5.53. The van der Waals surface area contributed by atoms with Crippen molar-refractivity contribution in [1.82, 2.24) is 19.6 Å². The first-order chi connectivity index (χ1) is 12.9. The first kappa shape index (κ1) is 18.2. The fraction of sp³-hybridized carbons (Fsp3) is 0.421. The second kappa shape index (κ2) is 7.09. The maximum atomic E-state index is 10.6. The quantitative estimate of drug-likeness (QED) is 0.646. The highest BCUT2D eigenvalue weighted by Crippen LogP contribution is 2.33. The first-order valence-electron chi connectivity index (χ1n) is 9.09. The van der Waals surface area contributed by atoms with Crippen LogP contribution in [-0.2, 0) is 6.54 Å². The van der Waals surface area contributed by atoms with Crippen molar-refractivity contribution >= 4 is 33.2 Å². The van der Waals surface area contributed by atoms with Crippen molar-refractivity contribution in [2.45, 2.75) is 44.9 Å². The van der Waals surface area contributed by atoms with Crippen LogP contribution in [0.15, 0.2) is 41.3 Å². The van der Waals surface area contributed by atoms with Crippen molar-refractivity contribution in [3.05, 3.63) is 46.8 Å². The minimum absolute atomic E-state index is 0.0420. The molecule has 0 aromatic carbocycles. The monoisotopic (exact) mass is 430 g/mol. The van der Waals surface area contributed by atoms with Crippen molar-refractivity contribution in [3.63, 3.8) is 0 Å². The molecule has 3 aromatic rings. The number of aliphatic hydroxyl groups is 1. The molecule has 3 aromatic heterocycles. The topological polar surface area (TPSA) is 78.6 Å². The summed E-state index contributed by atoms with van der Waals surface area (Å²) in [5, 5.41) is 18.5. The van der Waals surface area contributed by atoms with Crippen molar-refractivity contribution < 1.29 is 5.11 Å². The van der Waals surface area contributed by atoms with Gasteiger partial charge in [0.15, 0.2) is 5.65 Å². The van der Waals surface area contributed by atoms with E-state index < -0.39 is 5.60 Å². The van der Waals surface area contributed by atoms with Crippen LogP contribution < -0.4 is 10.2 Å². The van der Waals surface area contributed by atoms with Gasteiger partial charge in [-0.1, -0.05) is 6.07 Å². The normalized spacial score (nSPS) is 17.6. The molecule has 4 heterocycles. The highest BCUT2D eigenvalue weighted by Gasteiger charge is 2.37. The van der Waals surface area contributed by atoms with Crippen LogP contribution in [0.4, 0.5) is 11.6 Å². The molecule has 1 atom stereocenters. The molecule has 1 fully saturated rings. The van der Waals surface area contributed by atoms with Gasteiger partial charge in [0, 0.05) is 31.5 Å². The Morgan fingerprint density at radius 3 is 2.96 bits per heavy atom. The van der Waals surface area contributed by atoms with E-state index in [1.807, 2.05) is 38.2 Å². The Morgan fingerprint density at radius 2 is 2.22 bits per heavy atom. The highest BCUT2D eigenvalue weighted by atomic mass is 79.9. The molecule has 0 saturated carbocycles. The average molecular weight is 431 g/mol. The zero-order chi connectivity index (χ0) is 19.0. The van der Waals surface area contributed by atoms with Crippen molar-refractivity contribution in [2.24, 2.45) is 0 Å². The molecule has 1 saturated heterocycles. The Balaban J connectivity index is 1.71. The standard InChI is InChI=1S/C19H23BrN6O/c1-19(2,27)15-6-4-8-25(15)17-9-16(22-11-13-5-3-7-21-10-13)26-18(24-17)14(20)12-23-26/h3,5,7,9-10,12,15,22,27H,4,6,8,11H2,1-2H3/t15-/m0/s1. The number of nitrogens with one attached hydrogen (secondary N) is 1. The molecule has 27 heavy (non-hydrogen) atoms. The second-order valence-corrected chi connectivity index (χ2v) is 8.30. The summed E-state index contributed by atoms with van der Waals surface area (Å²) in [6.07, 6.45) is 7.35. The predicted octanol–water partition coefficient (Wildman–Crippen LogP) is 3.24. The minimum Gasteiger partial charge on any atom is -0.388 e. The van der Waals surface area contributed by atoms with Crippen molar-refractivity contribution in [3.8, 4) is 0 Å². The summed E-state index contributed by atoms with van der Waals surface area (Å²) >= 11 is 3.54. The lowest BCUT2D eigenvalue weighted by Crippen LogP contribution is -2.46. The van der Waals surface area contributed by atoms with Crippen LogP contribution >= 0.6 is 15.9 Å². The Hall–Kier alpha value is -2.19. The minimum atomic E-state index is -0.787. The van der Waals surface area contributed by atoms with Gasteiger partial charge in [-0.3, -0.25) is 4.98 Å². The van der Waals surface area contributed by atoms with Gasteiger partial charge in [0.2, 0.25) is 0 Å². The average Bonchev–Trinajstić information content (AvgIpc) is 3.28. The molecule has 1 aliphatic heterocycles. The number of aromatic nitrogens is 4. The van der Waals surface area contributed by atoms with Crippen LogP contribution in [0.2, 0.25) is 0 Å². The zero-order valence-corrected chi connectivity index (χ0v) is 17.0. The number of hydrogen-bond donors (Lipinski definition) is 2. The molecule has 0 unspecified atom stereocenters. The van der Waals surface area contributed by atoms with Gasteiger partial charge in [0.05, 0.1) is 22.3 Å². The summed E-state index contributed by atoms with van der Waals surface area (Å²) in [5.41, 5.74) is 1.05. The van der Waals surface area contributed by atoms with Crippen LogP contribution in [-0.4, -0.2) is 42.9 Å². The molecule has 1 aliphatic rings. The molecular formula is C19H23BrN6O. The fourth-order valence-electron chi connectivity index (χ4n) is 3.67. The van der Waals surface area contributed by atoms with E-state index in [1.54, 1.807) is 16.9 Å². The maximum absolute atomic E-state index is 10.6. The number of nitrogens with zero attached hydrogens (tertiary/aromatic N) is 5. The van der Waals surface area contributed by atoms with Crippen LogP contribution in [0.25, 0.3) is 5.65 Å². The molecule has 142 valence electrons. The van der Waals surface area contributed by atoms with Gasteiger partial charge < -0.3 is 15.3 Å². The van der Waals surface area contributed by atoms with Gasteiger partial charge in [-0.05, 0) is 54.2 Å². The van der Waals surface area contributed by atoms with E-state index in [0.29, 0.717) is 6.54 Å². The lowest BCUT2D eigenvalue weighted by Gasteiger charge is -2.34.